The number of nitrogens with zero attached hydrogens (tertiary/aromatic N) is 1. The number of alkyl halides is 3. The van der Waals surface area contributed by atoms with E-state index in [1.54, 1.807) is 0 Å². The van der Waals surface area contributed by atoms with E-state index in [-0.39, 0.29) is 36.5 Å². The maximum atomic E-state index is 12.9. The summed E-state index contributed by atoms with van der Waals surface area (Å²) < 4.78 is 38.7. The van der Waals surface area contributed by atoms with E-state index in [0.29, 0.717) is 5.92 Å². The van der Waals surface area contributed by atoms with E-state index in [2.05, 4.69) is 12.2 Å². The molecule has 1 aromatic rings. The van der Waals surface area contributed by atoms with Gasteiger partial charge in [0.05, 0.1) is 11.5 Å². The van der Waals surface area contributed by atoms with Crippen molar-refractivity contribution >= 4 is 17.5 Å². The van der Waals surface area contributed by atoms with Crippen LogP contribution in [0.3, 0.4) is 0 Å². The molecule has 0 unspecified atom stereocenters. The summed E-state index contributed by atoms with van der Waals surface area (Å²) in [4.78, 5) is 26.1. The standard InChI is InChI=1S/C19H23F3N2O2/c1-12-5-2-3-8-16(12)23-18(26)13-9-17(25)24(11-13)15-7-4-6-14(10-15)19(20,21)22/h4,6-7,10,12-13,16H,2-3,5,8-9,11H2,1H3,(H,23,26)/t12-,13+,16+/m1/s1. The van der Waals surface area contributed by atoms with Gasteiger partial charge < -0.3 is 10.2 Å². The quantitative estimate of drug-likeness (QED) is 0.883. The maximum Gasteiger partial charge on any atom is 0.416 e. The lowest BCUT2D eigenvalue weighted by Gasteiger charge is -2.30. The Balaban J connectivity index is 1.68. The first kappa shape index (κ1) is 18.7. The van der Waals surface area contributed by atoms with E-state index in [1.165, 1.54) is 23.5 Å². The van der Waals surface area contributed by atoms with Crippen molar-refractivity contribution in [1.29, 1.82) is 0 Å². The van der Waals surface area contributed by atoms with Crippen molar-refractivity contribution in [3.8, 4) is 0 Å². The third-order valence-electron chi connectivity index (χ3n) is 5.42. The van der Waals surface area contributed by atoms with Gasteiger partial charge >= 0.3 is 6.18 Å². The van der Waals surface area contributed by atoms with Crippen LogP contribution in [0.2, 0.25) is 0 Å². The van der Waals surface area contributed by atoms with E-state index in [0.717, 1.165) is 31.4 Å². The van der Waals surface area contributed by atoms with Crippen molar-refractivity contribution in [1.82, 2.24) is 5.32 Å². The Morgan fingerprint density at radius 2 is 1.96 bits per heavy atom. The molecule has 1 aromatic carbocycles. The van der Waals surface area contributed by atoms with Crippen molar-refractivity contribution in [3.63, 3.8) is 0 Å². The van der Waals surface area contributed by atoms with Crippen LogP contribution in [0.15, 0.2) is 24.3 Å². The molecule has 3 atom stereocenters. The summed E-state index contributed by atoms with van der Waals surface area (Å²) in [5.74, 6) is -0.608. The molecule has 2 amide bonds. The van der Waals surface area contributed by atoms with Gasteiger partial charge in [-0.05, 0) is 37.0 Å². The molecule has 0 aromatic heterocycles. The molecule has 7 heteroatoms. The number of rotatable bonds is 3. The summed E-state index contributed by atoms with van der Waals surface area (Å²) in [6, 6.07) is 4.80. The van der Waals surface area contributed by atoms with Crippen LogP contribution in [-0.4, -0.2) is 24.4 Å². The van der Waals surface area contributed by atoms with Crippen molar-refractivity contribution in [2.45, 2.75) is 51.2 Å². The SMILES string of the molecule is C[C@@H]1CCCC[C@@H]1NC(=O)[C@H]1CC(=O)N(c2cccc(C(F)(F)F)c2)C1. The van der Waals surface area contributed by atoms with Gasteiger partial charge in [-0.15, -0.1) is 0 Å². The summed E-state index contributed by atoms with van der Waals surface area (Å²) in [5.41, 5.74) is -0.613. The number of anilines is 1. The van der Waals surface area contributed by atoms with Crippen LogP contribution in [0.25, 0.3) is 0 Å². The number of benzene rings is 1. The second-order valence-corrected chi connectivity index (χ2v) is 7.33. The Morgan fingerprint density at radius 1 is 1.23 bits per heavy atom. The average Bonchev–Trinajstić information content (AvgIpc) is 2.98. The second kappa shape index (κ2) is 7.29. The number of hydrogen-bond acceptors (Lipinski definition) is 2. The van der Waals surface area contributed by atoms with Crippen LogP contribution in [-0.2, 0) is 15.8 Å². The van der Waals surface area contributed by atoms with E-state index < -0.39 is 17.7 Å². The second-order valence-electron chi connectivity index (χ2n) is 7.33. The minimum absolute atomic E-state index is 0.0309. The number of halogens is 3. The van der Waals surface area contributed by atoms with Gasteiger partial charge in [-0.25, -0.2) is 0 Å². The molecule has 0 radical (unpaired) electrons. The summed E-state index contributed by atoms with van der Waals surface area (Å²) >= 11 is 0. The van der Waals surface area contributed by atoms with Crippen LogP contribution in [0.5, 0.6) is 0 Å². The van der Waals surface area contributed by atoms with Crippen molar-refractivity contribution < 1.29 is 22.8 Å². The predicted molar refractivity (Wildman–Crippen MR) is 91.5 cm³/mol. The molecule has 1 N–H and O–H groups in total. The van der Waals surface area contributed by atoms with Crippen molar-refractivity contribution in [2.24, 2.45) is 11.8 Å². The van der Waals surface area contributed by atoms with Gasteiger partial charge in [-0.2, -0.15) is 13.2 Å². The normalized spacial score (nSPS) is 26.8. The first-order valence-corrected chi connectivity index (χ1v) is 9.03. The molecule has 142 valence electrons. The van der Waals surface area contributed by atoms with Crippen LogP contribution in [0.4, 0.5) is 18.9 Å². The first-order chi connectivity index (χ1) is 12.3. The van der Waals surface area contributed by atoms with Gasteiger partial charge in [0.1, 0.15) is 0 Å². The lowest BCUT2D eigenvalue weighted by atomic mass is 9.85. The zero-order valence-electron chi connectivity index (χ0n) is 14.7. The maximum absolute atomic E-state index is 12.9. The fourth-order valence-electron chi connectivity index (χ4n) is 3.81. The van der Waals surface area contributed by atoms with E-state index in [1.807, 2.05) is 0 Å². The third-order valence-corrected chi connectivity index (χ3v) is 5.42. The highest BCUT2D eigenvalue weighted by molar-refractivity contribution is 6.00. The molecule has 1 heterocycles. The van der Waals surface area contributed by atoms with Gasteiger partial charge in [-0.3, -0.25) is 9.59 Å². The fraction of sp³-hybridized carbons (Fsp3) is 0.579. The molecule has 1 saturated heterocycles. The highest BCUT2D eigenvalue weighted by Crippen LogP contribution is 2.33. The minimum atomic E-state index is -4.47. The lowest BCUT2D eigenvalue weighted by Crippen LogP contribution is -2.44. The Kier molecular flexibility index (Phi) is 5.25. The largest absolute Gasteiger partial charge is 0.416 e. The number of carbonyl (C=O) groups excluding carboxylic acids is 2. The van der Waals surface area contributed by atoms with Crippen LogP contribution >= 0.6 is 0 Å². The molecule has 1 saturated carbocycles. The van der Waals surface area contributed by atoms with Crippen LogP contribution < -0.4 is 10.2 Å². The monoisotopic (exact) mass is 368 g/mol. The Hall–Kier alpha value is -2.05. The predicted octanol–water partition coefficient (Wildman–Crippen LogP) is 3.75. The van der Waals surface area contributed by atoms with Gasteiger partial charge in [0.2, 0.25) is 11.8 Å². The molecule has 1 aliphatic heterocycles. The van der Waals surface area contributed by atoms with Gasteiger partial charge in [-0.1, -0.05) is 25.8 Å². The number of amides is 2. The Labute approximate surface area is 150 Å². The topological polar surface area (TPSA) is 49.4 Å². The molecule has 0 bridgehead atoms. The molecule has 2 fully saturated rings. The molecule has 1 aliphatic carbocycles. The Bertz CT molecular complexity index is 690. The van der Waals surface area contributed by atoms with Gasteiger partial charge in [0, 0.05) is 24.7 Å². The first-order valence-electron chi connectivity index (χ1n) is 9.03. The molecule has 3 rings (SSSR count). The summed E-state index contributed by atoms with van der Waals surface area (Å²) in [7, 11) is 0. The number of carbonyl (C=O) groups is 2. The molecule has 0 spiro atoms. The molecule has 4 nitrogen and oxygen atoms in total. The van der Waals surface area contributed by atoms with Crippen molar-refractivity contribution in [3.05, 3.63) is 29.8 Å². The molecular weight excluding hydrogens is 345 g/mol. The molecule has 26 heavy (non-hydrogen) atoms. The fourth-order valence-corrected chi connectivity index (χ4v) is 3.81. The minimum Gasteiger partial charge on any atom is -0.353 e. The van der Waals surface area contributed by atoms with Gasteiger partial charge in [0.25, 0.3) is 0 Å². The van der Waals surface area contributed by atoms with Crippen LogP contribution in [0.1, 0.15) is 44.6 Å². The Morgan fingerprint density at radius 3 is 2.65 bits per heavy atom. The smallest absolute Gasteiger partial charge is 0.353 e. The van der Waals surface area contributed by atoms with E-state index >= 15 is 0 Å². The summed E-state index contributed by atoms with van der Waals surface area (Å²) in [6.45, 7) is 2.23. The van der Waals surface area contributed by atoms with Crippen molar-refractivity contribution in [2.75, 3.05) is 11.4 Å². The summed E-state index contributed by atoms with van der Waals surface area (Å²) in [5, 5.41) is 3.04. The number of nitrogens with one attached hydrogen (secondary N) is 1. The zero-order valence-corrected chi connectivity index (χ0v) is 14.7. The number of hydrogen-bond donors (Lipinski definition) is 1. The lowest BCUT2D eigenvalue weighted by molar-refractivity contribution is -0.137. The average molecular weight is 368 g/mol. The van der Waals surface area contributed by atoms with E-state index in [4.69, 9.17) is 0 Å². The van der Waals surface area contributed by atoms with Gasteiger partial charge in [0.15, 0.2) is 0 Å². The third kappa shape index (κ3) is 4.02. The van der Waals surface area contributed by atoms with Crippen LogP contribution in [0, 0.1) is 11.8 Å². The molecular formula is C19H23F3N2O2. The molecule has 2 aliphatic rings. The summed E-state index contributed by atoms with van der Waals surface area (Å²) in [6.07, 6.45) is -0.181. The van der Waals surface area contributed by atoms with E-state index in [9.17, 15) is 22.8 Å². The highest BCUT2D eigenvalue weighted by atomic mass is 19.4. The zero-order chi connectivity index (χ0) is 18.9. The highest BCUT2D eigenvalue weighted by Gasteiger charge is 2.38.